The van der Waals surface area contributed by atoms with E-state index in [0.717, 1.165) is 37.1 Å². The average molecular weight is 354 g/mol. The van der Waals surface area contributed by atoms with E-state index in [2.05, 4.69) is 11.7 Å². The lowest BCUT2D eigenvalue weighted by Gasteiger charge is -2.27. The zero-order valence-corrected chi connectivity index (χ0v) is 13.6. The smallest absolute Gasteiger partial charge is 0.403 e. The summed E-state index contributed by atoms with van der Waals surface area (Å²) in [5.41, 5.74) is 2.25. The molecule has 1 aliphatic heterocycles. The van der Waals surface area contributed by atoms with E-state index in [1.54, 1.807) is 0 Å². The van der Waals surface area contributed by atoms with Crippen molar-refractivity contribution in [2.24, 2.45) is 5.92 Å². The molecule has 25 heavy (non-hydrogen) atoms. The molecule has 1 saturated heterocycles. The molecule has 1 aliphatic rings. The van der Waals surface area contributed by atoms with Crippen molar-refractivity contribution >= 4 is 0 Å². The fraction of sp³-hybridized carbons (Fsp3) is 0.368. The third kappa shape index (κ3) is 4.51. The lowest BCUT2D eigenvalue weighted by atomic mass is 9.94. The molecule has 0 amide bonds. The summed E-state index contributed by atoms with van der Waals surface area (Å²) in [6.07, 6.45) is -2.79. The maximum absolute atomic E-state index is 13.8. The summed E-state index contributed by atoms with van der Waals surface area (Å²) in [5.74, 6) is -1.32. The van der Waals surface area contributed by atoms with Gasteiger partial charge in [-0.1, -0.05) is 37.3 Å². The molecule has 0 bridgehead atoms. The van der Waals surface area contributed by atoms with Gasteiger partial charge in [0.25, 0.3) is 0 Å². The van der Waals surface area contributed by atoms with E-state index < -0.39 is 17.9 Å². The minimum absolute atomic E-state index is 0.0598. The zero-order valence-electron chi connectivity index (χ0n) is 13.6. The van der Waals surface area contributed by atoms with Gasteiger partial charge in [0.05, 0.1) is 6.10 Å². The number of hydrogen-bond donors (Lipinski definition) is 0. The Labute approximate surface area is 143 Å². The minimum atomic E-state index is -4.92. The molecule has 0 spiro atoms. The van der Waals surface area contributed by atoms with Crippen LogP contribution < -0.4 is 4.74 Å². The van der Waals surface area contributed by atoms with Crippen LogP contribution in [0, 0.1) is 11.7 Å². The Morgan fingerprint density at radius 3 is 2.24 bits per heavy atom. The summed E-state index contributed by atoms with van der Waals surface area (Å²) in [4.78, 5) is 0. The van der Waals surface area contributed by atoms with Crippen LogP contribution >= 0.6 is 0 Å². The third-order valence-electron chi connectivity index (χ3n) is 4.28. The Morgan fingerprint density at radius 2 is 1.68 bits per heavy atom. The van der Waals surface area contributed by atoms with Gasteiger partial charge in [-0.3, -0.25) is 0 Å². The van der Waals surface area contributed by atoms with Crippen LogP contribution in [0.1, 0.15) is 31.4 Å². The lowest BCUT2D eigenvalue weighted by Crippen LogP contribution is -2.18. The van der Waals surface area contributed by atoms with E-state index in [4.69, 9.17) is 4.74 Å². The van der Waals surface area contributed by atoms with Crippen molar-refractivity contribution in [3.8, 4) is 16.9 Å². The van der Waals surface area contributed by atoms with E-state index in [1.165, 1.54) is 6.07 Å². The standard InChI is InChI=1S/C19H18F4O2/c1-12-2-8-17(24-11-12)14-5-3-13(4-6-14)15-7-9-18(16(20)10-15)25-19(21,22)23/h3-7,9-10,12,17H,2,8,11H2,1H3. The molecule has 2 aromatic carbocycles. The van der Waals surface area contributed by atoms with Crippen molar-refractivity contribution < 1.29 is 27.0 Å². The van der Waals surface area contributed by atoms with Crippen molar-refractivity contribution in [3.63, 3.8) is 0 Å². The SMILES string of the molecule is CC1CCC(c2ccc(-c3ccc(OC(F)(F)F)c(F)c3)cc2)OC1. The second-order valence-electron chi connectivity index (χ2n) is 6.32. The molecule has 0 saturated carbocycles. The molecule has 6 heteroatoms. The van der Waals surface area contributed by atoms with Gasteiger partial charge in [-0.2, -0.15) is 0 Å². The van der Waals surface area contributed by atoms with Crippen LogP contribution in [0.15, 0.2) is 42.5 Å². The number of alkyl halides is 3. The molecule has 0 N–H and O–H groups in total. The van der Waals surface area contributed by atoms with Gasteiger partial charge in [0.15, 0.2) is 11.6 Å². The molecule has 1 fully saturated rings. The lowest BCUT2D eigenvalue weighted by molar-refractivity contribution is -0.275. The molecule has 2 nitrogen and oxygen atoms in total. The first kappa shape index (κ1) is 17.7. The average Bonchev–Trinajstić information content (AvgIpc) is 2.56. The highest BCUT2D eigenvalue weighted by Gasteiger charge is 2.32. The van der Waals surface area contributed by atoms with Crippen LogP contribution in [0.2, 0.25) is 0 Å². The van der Waals surface area contributed by atoms with Gasteiger partial charge < -0.3 is 9.47 Å². The highest BCUT2D eigenvalue weighted by Crippen LogP contribution is 2.33. The molecule has 2 atom stereocenters. The Hall–Kier alpha value is -2.08. The van der Waals surface area contributed by atoms with Crippen LogP contribution in [-0.4, -0.2) is 13.0 Å². The van der Waals surface area contributed by atoms with Gasteiger partial charge in [0.1, 0.15) is 0 Å². The van der Waals surface area contributed by atoms with Crippen LogP contribution in [0.5, 0.6) is 5.75 Å². The Balaban J connectivity index is 1.75. The second-order valence-corrected chi connectivity index (χ2v) is 6.32. The van der Waals surface area contributed by atoms with Crippen LogP contribution in [0.3, 0.4) is 0 Å². The summed E-state index contributed by atoms with van der Waals surface area (Å²) in [5, 5.41) is 0. The first-order valence-corrected chi connectivity index (χ1v) is 8.09. The molecule has 2 unspecified atom stereocenters. The molecular weight excluding hydrogens is 336 g/mol. The first-order chi connectivity index (χ1) is 11.8. The molecule has 0 aromatic heterocycles. The predicted octanol–water partition coefficient (Wildman–Crippen LogP) is 5.88. The number of halogens is 4. The van der Waals surface area contributed by atoms with Gasteiger partial charge in [-0.05, 0) is 47.6 Å². The minimum Gasteiger partial charge on any atom is -0.403 e. The molecule has 0 radical (unpaired) electrons. The number of hydrogen-bond acceptors (Lipinski definition) is 2. The van der Waals surface area contributed by atoms with E-state index in [1.807, 2.05) is 24.3 Å². The molecule has 1 heterocycles. The fourth-order valence-electron chi connectivity index (χ4n) is 2.92. The predicted molar refractivity (Wildman–Crippen MR) is 85.6 cm³/mol. The molecular formula is C19H18F4O2. The van der Waals surface area contributed by atoms with Crippen molar-refractivity contribution in [2.45, 2.75) is 32.2 Å². The van der Waals surface area contributed by atoms with Gasteiger partial charge in [0.2, 0.25) is 0 Å². The monoisotopic (exact) mass is 354 g/mol. The largest absolute Gasteiger partial charge is 0.573 e. The maximum Gasteiger partial charge on any atom is 0.573 e. The topological polar surface area (TPSA) is 18.5 Å². The quantitative estimate of drug-likeness (QED) is 0.641. The summed E-state index contributed by atoms with van der Waals surface area (Å²) >= 11 is 0. The Morgan fingerprint density at radius 1 is 1.00 bits per heavy atom. The van der Waals surface area contributed by atoms with Crippen molar-refractivity contribution in [2.75, 3.05) is 6.61 Å². The van der Waals surface area contributed by atoms with Crippen LogP contribution in [-0.2, 0) is 4.74 Å². The van der Waals surface area contributed by atoms with Crippen molar-refractivity contribution in [1.29, 1.82) is 0 Å². The van der Waals surface area contributed by atoms with E-state index in [-0.39, 0.29) is 6.10 Å². The van der Waals surface area contributed by atoms with E-state index in [9.17, 15) is 17.6 Å². The molecule has 3 rings (SSSR count). The summed E-state index contributed by atoms with van der Waals surface area (Å²) in [7, 11) is 0. The summed E-state index contributed by atoms with van der Waals surface area (Å²) in [6, 6.07) is 10.9. The second kappa shape index (κ2) is 7.04. The fourth-order valence-corrected chi connectivity index (χ4v) is 2.92. The maximum atomic E-state index is 13.8. The van der Waals surface area contributed by atoms with Crippen molar-refractivity contribution in [1.82, 2.24) is 0 Å². The zero-order chi connectivity index (χ0) is 18.0. The Kier molecular flexibility index (Phi) is 4.99. The number of rotatable bonds is 3. The van der Waals surface area contributed by atoms with Gasteiger partial charge in [-0.15, -0.1) is 13.2 Å². The highest BCUT2D eigenvalue weighted by atomic mass is 19.4. The summed E-state index contributed by atoms with van der Waals surface area (Å²) < 4.78 is 59.9. The van der Waals surface area contributed by atoms with Crippen LogP contribution in [0.4, 0.5) is 17.6 Å². The molecule has 2 aromatic rings. The van der Waals surface area contributed by atoms with Gasteiger partial charge in [-0.25, -0.2) is 4.39 Å². The normalized spacial score (nSPS) is 21.2. The molecule has 0 aliphatic carbocycles. The van der Waals surface area contributed by atoms with E-state index in [0.29, 0.717) is 17.0 Å². The van der Waals surface area contributed by atoms with Crippen molar-refractivity contribution in [3.05, 3.63) is 53.8 Å². The first-order valence-electron chi connectivity index (χ1n) is 8.09. The van der Waals surface area contributed by atoms with Gasteiger partial charge in [0, 0.05) is 6.61 Å². The van der Waals surface area contributed by atoms with E-state index >= 15 is 0 Å². The number of ether oxygens (including phenoxy) is 2. The molecule has 134 valence electrons. The van der Waals surface area contributed by atoms with Crippen LogP contribution in [0.25, 0.3) is 11.1 Å². The Bertz CT molecular complexity index is 717. The summed E-state index contributed by atoms with van der Waals surface area (Å²) in [6.45, 7) is 2.89. The third-order valence-corrected chi connectivity index (χ3v) is 4.28. The number of benzene rings is 2. The highest BCUT2D eigenvalue weighted by molar-refractivity contribution is 5.64. The van der Waals surface area contributed by atoms with Gasteiger partial charge >= 0.3 is 6.36 Å².